The molecule has 2 heterocycles. The zero-order chi connectivity index (χ0) is 12.7. The normalized spacial score (nSPS) is 25.7. The first-order chi connectivity index (χ1) is 8.63. The van der Waals surface area contributed by atoms with Crippen molar-refractivity contribution in [1.29, 1.82) is 0 Å². The van der Waals surface area contributed by atoms with Gasteiger partial charge in [-0.05, 0) is 44.0 Å². The van der Waals surface area contributed by atoms with Crippen LogP contribution in [-0.4, -0.2) is 17.3 Å². The Hall–Kier alpha value is -1.39. The summed E-state index contributed by atoms with van der Waals surface area (Å²) in [7, 11) is 0. The third-order valence-electron chi connectivity index (χ3n) is 3.41. The average Bonchev–Trinajstić information content (AvgIpc) is 2.93. The maximum absolute atomic E-state index is 13.1. The number of halogens is 1. The van der Waals surface area contributed by atoms with Crippen LogP contribution in [0, 0.1) is 5.82 Å². The minimum Gasteiger partial charge on any atom is -0.458 e. The summed E-state index contributed by atoms with van der Waals surface area (Å²) in [5.41, 5.74) is 0.580. The topological polar surface area (TPSA) is 42.6 Å². The molecule has 4 heteroatoms. The number of rotatable bonds is 2. The highest BCUT2D eigenvalue weighted by Crippen LogP contribution is 2.33. The van der Waals surface area contributed by atoms with Gasteiger partial charge >= 0.3 is 0 Å². The predicted octanol–water partition coefficient (Wildman–Crippen LogP) is 3.17. The van der Waals surface area contributed by atoms with Crippen molar-refractivity contribution in [1.82, 2.24) is 0 Å². The highest BCUT2D eigenvalue weighted by atomic mass is 19.1. The highest BCUT2D eigenvalue weighted by molar-refractivity contribution is 5.77. The number of ether oxygens (including phenoxy) is 1. The zero-order valence-electron chi connectivity index (χ0n) is 10.1. The summed E-state index contributed by atoms with van der Waals surface area (Å²) in [6, 6.07) is 5.98. The van der Waals surface area contributed by atoms with Crippen molar-refractivity contribution in [2.45, 2.75) is 38.1 Å². The van der Waals surface area contributed by atoms with E-state index >= 15 is 0 Å². The van der Waals surface area contributed by atoms with E-state index in [2.05, 4.69) is 0 Å². The Morgan fingerprint density at radius 3 is 2.89 bits per heavy atom. The van der Waals surface area contributed by atoms with E-state index in [9.17, 15) is 9.50 Å². The summed E-state index contributed by atoms with van der Waals surface area (Å²) in [6.45, 7) is 1.99. The van der Waals surface area contributed by atoms with Crippen LogP contribution in [-0.2, 0) is 4.74 Å². The van der Waals surface area contributed by atoms with E-state index in [4.69, 9.17) is 9.15 Å². The third kappa shape index (κ3) is 2.02. The van der Waals surface area contributed by atoms with Crippen LogP contribution in [0.2, 0.25) is 0 Å². The Labute approximate surface area is 104 Å². The van der Waals surface area contributed by atoms with Gasteiger partial charge in [0.05, 0.1) is 12.2 Å². The highest BCUT2D eigenvalue weighted by Gasteiger charge is 2.31. The molecular weight excluding hydrogens is 235 g/mol. The molecule has 18 heavy (non-hydrogen) atoms. The number of aliphatic hydroxyl groups excluding tert-OH is 1. The second-order valence-corrected chi connectivity index (χ2v) is 4.84. The standard InChI is InChI=1S/C14H15FO3/c1-8-2-4-12(17-8)14(16)13-7-9-6-10(15)3-5-11(9)18-13/h3,5-8,12,14,16H,2,4H2,1H3. The zero-order valence-corrected chi connectivity index (χ0v) is 10.1. The second kappa shape index (κ2) is 4.37. The van der Waals surface area contributed by atoms with E-state index in [1.165, 1.54) is 12.1 Å². The largest absolute Gasteiger partial charge is 0.458 e. The maximum Gasteiger partial charge on any atom is 0.138 e. The van der Waals surface area contributed by atoms with Gasteiger partial charge in [-0.25, -0.2) is 4.39 Å². The second-order valence-electron chi connectivity index (χ2n) is 4.84. The van der Waals surface area contributed by atoms with Crippen molar-refractivity contribution < 1.29 is 18.7 Å². The molecule has 0 saturated carbocycles. The maximum atomic E-state index is 13.1. The van der Waals surface area contributed by atoms with Gasteiger partial charge in [-0.2, -0.15) is 0 Å². The molecule has 3 atom stereocenters. The van der Waals surface area contributed by atoms with Crippen molar-refractivity contribution in [2.24, 2.45) is 0 Å². The number of hydrogen-bond donors (Lipinski definition) is 1. The molecule has 2 aromatic rings. The molecule has 0 aliphatic carbocycles. The van der Waals surface area contributed by atoms with Crippen LogP contribution in [0.15, 0.2) is 28.7 Å². The van der Waals surface area contributed by atoms with Crippen molar-refractivity contribution >= 4 is 11.0 Å². The fourth-order valence-corrected chi connectivity index (χ4v) is 2.43. The van der Waals surface area contributed by atoms with Crippen LogP contribution in [0.1, 0.15) is 31.6 Å². The first kappa shape index (κ1) is 11.7. The Morgan fingerprint density at radius 2 is 2.17 bits per heavy atom. The summed E-state index contributed by atoms with van der Waals surface area (Å²) in [5, 5.41) is 10.9. The molecule has 1 saturated heterocycles. The molecule has 3 unspecified atom stereocenters. The van der Waals surface area contributed by atoms with Gasteiger partial charge in [-0.1, -0.05) is 0 Å². The lowest BCUT2D eigenvalue weighted by Gasteiger charge is -2.15. The molecule has 0 amide bonds. The van der Waals surface area contributed by atoms with Gasteiger partial charge in [0.2, 0.25) is 0 Å². The number of fused-ring (bicyclic) bond motifs is 1. The lowest BCUT2D eigenvalue weighted by atomic mass is 10.1. The molecule has 0 radical (unpaired) electrons. The molecule has 96 valence electrons. The summed E-state index contributed by atoms with van der Waals surface area (Å²) in [4.78, 5) is 0. The Bertz CT molecular complexity index is 563. The van der Waals surface area contributed by atoms with Crippen LogP contribution in [0.3, 0.4) is 0 Å². The molecule has 1 aromatic heterocycles. The molecule has 1 N–H and O–H groups in total. The minimum atomic E-state index is -0.787. The van der Waals surface area contributed by atoms with Gasteiger partial charge in [0.25, 0.3) is 0 Å². The SMILES string of the molecule is CC1CCC(C(O)c2cc3cc(F)ccc3o2)O1. The van der Waals surface area contributed by atoms with Crippen molar-refractivity contribution in [3.05, 3.63) is 35.8 Å². The van der Waals surface area contributed by atoms with E-state index < -0.39 is 6.10 Å². The molecule has 1 aliphatic rings. The molecule has 0 spiro atoms. The van der Waals surface area contributed by atoms with Gasteiger partial charge in [0.1, 0.15) is 23.3 Å². The summed E-state index contributed by atoms with van der Waals surface area (Å²) in [6.07, 6.45) is 0.909. The quantitative estimate of drug-likeness (QED) is 0.890. The number of aliphatic hydroxyl groups is 1. The van der Waals surface area contributed by atoms with E-state index in [0.29, 0.717) is 16.7 Å². The fraction of sp³-hybridized carbons (Fsp3) is 0.429. The number of furan rings is 1. The van der Waals surface area contributed by atoms with Crippen molar-refractivity contribution in [2.75, 3.05) is 0 Å². The van der Waals surface area contributed by atoms with Crippen LogP contribution < -0.4 is 0 Å². The first-order valence-electron chi connectivity index (χ1n) is 6.16. The van der Waals surface area contributed by atoms with E-state index in [0.717, 1.165) is 12.8 Å². The minimum absolute atomic E-state index is 0.173. The molecule has 1 aliphatic heterocycles. The van der Waals surface area contributed by atoms with Crippen LogP contribution >= 0.6 is 0 Å². The third-order valence-corrected chi connectivity index (χ3v) is 3.41. The van der Waals surface area contributed by atoms with Crippen LogP contribution in [0.25, 0.3) is 11.0 Å². The average molecular weight is 250 g/mol. The lowest BCUT2D eigenvalue weighted by molar-refractivity contribution is -0.0374. The molecule has 3 rings (SSSR count). The smallest absolute Gasteiger partial charge is 0.138 e. The molecule has 3 nitrogen and oxygen atoms in total. The van der Waals surface area contributed by atoms with Crippen molar-refractivity contribution in [3.63, 3.8) is 0 Å². The Balaban J connectivity index is 1.89. The molecular formula is C14H15FO3. The van der Waals surface area contributed by atoms with Gasteiger partial charge in [-0.15, -0.1) is 0 Å². The lowest BCUT2D eigenvalue weighted by Crippen LogP contribution is -2.18. The first-order valence-corrected chi connectivity index (χ1v) is 6.16. The van der Waals surface area contributed by atoms with Gasteiger partial charge < -0.3 is 14.3 Å². The number of benzene rings is 1. The van der Waals surface area contributed by atoms with Gasteiger partial charge in [-0.3, -0.25) is 0 Å². The molecule has 0 bridgehead atoms. The molecule has 1 fully saturated rings. The Kier molecular flexibility index (Phi) is 2.84. The predicted molar refractivity (Wildman–Crippen MR) is 64.7 cm³/mol. The van der Waals surface area contributed by atoms with Gasteiger partial charge in [0.15, 0.2) is 0 Å². The summed E-state index contributed by atoms with van der Waals surface area (Å²) < 4.78 is 24.2. The van der Waals surface area contributed by atoms with Crippen LogP contribution in [0.4, 0.5) is 4.39 Å². The van der Waals surface area contributed by atoms with Gasteiger partial charge in [0, 0.05) is 5.39 Å². The van der Waals surface area contributed by atoms with Crippen molar-refractivity contribution in [3.8, 4) is 0 Å². The summed E-state index contributed by atoms with van der Waals surface area (Å²) >= 11 is 0. The fourth-order valence-electron chi connectivity index (χ4n) is 2.43. The number of hydrogen-bond acceptors (Lipinski definition) is 3. The van der Waals surface area contributed by atoms with E-state index in [1.807, 2.05) is 6.92 Å². The molecule has 1 aromatic carbocycles. The Morgan fingerprint density at radius 1 is 1.33 bits per heavy atom. The monoisotopic (exact) mass is 250 g/mol. The van der Waals surface area contributed by atoms with E-state index in [1.54, 1.807) is 12.1 Å². The van der Waals surface area contributed by atoms with E-state index in [-0.39, 0.29) is 18.0 Å². The summed E-state index contributed by atoms with van der Waals surface area (Å²) in [5.74, 6) is 0.129. The van der Waals surface area contributed by atoms with Crippen LogP contribution in [0.5, 0.6) is 0 Å².